The van der Waals surface area contributed by atoms with Crippen LogP contribution in [0.15, 0.2) is 48.5 Å². The van der Waals surface area contributed by atoms with E-state index in [0.29, 0.717) is 17.1 Å². The van der Waals surface area contributed by atoms with Crippen LogP contribution in [-0.4, -0.2) is 62.1 Å². The highest BCUT2D eigenvalue weighted by Crippen LogP contribution is 2.20. The minimum atomic E-state index is 0.00929. The van der Waals surface area contributed by atoms with Crippen molar-refractivity contribution >= 4 is 23.2 Å². The molecule has 1 saturated heterocycles. The van der Waals surface area contributed by atoms with E-state index in [1.807, 2.05) is 30.3 Å². The molecule has 2 aromatic rings. The van der Waals surface area contributed by atoms with Gasteiger partial charge in [-0.3, -0.25) is 4.79 Å². The highest BCUT2D eigenvalue weighted by atomic mass is 35.5. The summed E-state index contributed by atoms with van der Waals surface area (Å²) in [6.45, 7) is 5.93. The molecule has 0 spiro atoms. The van der Waals surface area contributed by atoms with Gasteiger partial charge in [-0.15, -0.1) is 0 Å². The molecule has 2 aromatic carbocycles. The Balaban J connectivity index is 1.33. The van der Waals surface area contributed by atoms with Gasteiger partial charge in [0.1, 0.15) is 5.75 Å². The van der Waals surface area contributed by atoms with Gasteiger partial charge >= 0.3 is 0 Å². The van der Waals surface area contributed by atoms with Gasteiger partial charge in [0.25, 0.3) is 0 Å². The van der Waals surface area contributed by atoms with Gasteiger partial charge in [-0.1, -0.05) is 35.9 Å². The largest absolute Gasteiger partial charge is 0.497 e. The van der Waals surface area contributed by atoms with Crippen LogP contribution < -0.4 is 10.1 Å². The molecule has 0 radical (unpaired) electrons. The number of hydrogen-bond acceptors (Lipinski definition) is 4. The zero-order valence-electron chi connectivity index (χ0n) is 16.4. The van der Waals surface area contributed by atoms with E-state index in [1.165, 1.54) is 5.56 Å². The van der Waals surface area contributed by atoms with Crippen LogP contribution in [0.2, 0.25) is 5.02 Å². The Morgan fingerprint density at radius 1 is 1.00 bits per heavy atom. The second-order valence-electron chi connectivity index (χ2n) is 7.06. The number of nitrogens with one attached hydrogen (secondary N) is 1. The molecule has 1 aliphatic heterocycles. The van der Waals surface area contributed by atoms with Crippen LogP contribution in [-0.2, 0) is 11.2 Å². The van der Waals surface area contributed by atoms with Crippen molar-refractivity contribution < 1.29 is 9.53 Å². The van der Waals surface area contributed by atoms with E-state index in [4.69, 9.17) is 16.3 Å². The lowest BCUT2D eigenvalue weighted by Gasteiger charge is -2.34. The molecular formula is C22H28ClN3O2. The van der Waals surface area contributed by atoms with E-state index < -0.39 is 0 Å². The van der Waals surface area contributed by atoms with Crippen molar-refractivity contribution in [2.45, 2.75) is 12.8 Å². The first-order valence-electron chi connectivity index (χ1n) is 9.76. The van der Waals surface area contributed by atoms with Crippen LogP contribution in [0.25, 0.3) is 0 Å². The number of para-hydroxylation sites is 1. The maximum absolute atomic E-state index is 12.2. The summed E-state index contributed by atoms with van der Waals surface area (Å²) in [4.78, 5) is 17.0. The number of methoxy groups -OCH3 is 1. The third-order valence-corrected chi connectivity index (χ3v) is 5.47. The van der Waals surface area contributed by atoms with E-state index >= 15 is 0 Å². The van der Waals surface area contributed by atoms with Gasteiger partial charge in [0, 0.05) is 45.7 Å². The Kier molecular flexibility index (Phi) is 7.71. The average molecular weight is 402 g/mol. The molecule has 1 aliphatic rings. The van der Waals surface area contributed by atoms with E-state index in [1.54, 1.807) is 13.2 Å². The van der Waals surface area contributed by atoms with Crippen molar-refractivity contribution in [2.75, 3.05) is 51.7 Å². The molecular weight excluding hydrogens is 374 g/mol. The SMILES string of the molecule is COc1ccc(CCN2CCN(CCC(=O)Nc3ccccc3Cl)CC2)cc1. The van der Waals surface area contributed by atoms with Crippen LogP contribution in [0, 0.1) is 0 Å². The molecule has 1 amide bonds. The lowest BCUT2D eigenvalue weighted by Crippen LogP contribution is -2.47. The molecule has 0 aromatic heterocycles. The highest BCUT2D eigenvalue weighted by Gasteiger charge is 2.17. The summed E-state index contributed by atoms with van der Waals surface area (Å²) in [5, 5.41) is 3.46. The maximum Gasteiger partial charge on any atom is 0.225 e. The van der Waals surface area contributed by atoms with Crippen LogP contribution in [0.3, 0.4) is 0 Å². The van der Waals surface area contributed by atoms with Gasteiger partial charge in [-0.2, -0.15) is 0 Å². The Labute approximate surface area is 172 Å². The minimum absolute atomic E-state index is 0.00929. The van der Waals surface area contributed by atoms with Crippen molar-refractivity contribution in [1.29, 1.82) is 0 Å². The summed E-state index contributed by atoms with van der Waals surface area (Å²) in [6.07, 6.45) is 1.53. The van der Waals surface area contributed by atoms with Gasteiger partial charge in [-0.05, 0) is 36.2 Å². The number of ether oxygens (including phenoxy) is 1. The summed E-state index contributed by atoms with van der Waals surface area (Å²) in [7, 11) is 1.69. The predicted octanol–water partition coefficient (Wildman–Crippen LogP) is 3.54. The monoisotopic (exact) mass is 401 g/mol. The van der Waals surface area contributed by atoms with Crippen molar-refractivity contribution in [3.05, 3.63) is 59.1 Å². The summed E-state index contributed by atoms with van der Waals surface area (Å²) in [6, 6.07) is 15.6. The Hall–Kier alpha value is -2.08. The smallest absolute Gasteiger partial charge is 0.225 e. The number of amides is 1. The zero-order valence-corrected chi connectivity index (χ0v) is 17.1. The molecule has 1 N–H and O–H groups in total. The molecule has 0 saturated carbocycles. The average Bonchev–Trinajstić information content (AvgIpc) is 2.73. The molecule has 1 heterocycles. The highest BCUT2D eigenvalue weighted by molar-refractivity contribution is 6.33. The second kappa shape index (κ2) is 10.5. The first-order chi connectivity index (χ1) is 13.6. The van der Waals surface area contributed by atoms with Crippen LogP contribution >= 0.6 is 11.6 Å². The van der Waals surface area contributed by atoms with Crippen LogP contribution in [0.5, 0.6) is 5.75 Å². The van der Waals surface area contributed by atoms with Crippen LogP contribution in [0.1, 0.15) is 12.0 Å². The molecule has 1 fully saturated rings. The third kappa shape index (κ3) is 6.23. The lowest BCUT2D eigenvalue weighted by molar-refractivity contribution is -0.116. The molecule has 0 bridgehead atoms. The molecule has 150 valence electrons. The number of carbonyl (C=O) groups excluding carboxylic acids is 1. The standard InChI is InChI=1S/C22H28ClN3O2/c1-28-19-8-6-18(7-9-19)10-12-25-14-16-26(17-15-25)13-11-22(27)24-21-5-3-2-4-20(21)23/h2-9H,10-17H2,1H3,(H,24,27). The fourth-order valence-corrected chi connectivity index (χ4v) is 3.53. The third-order valence-electron chi connectivity index (χ3n) is 5.14. The first kappa shape index (κ1) is 20.6. The normalized spacial score (nSPS) is 15.4. The Bertz CT molecular complexity index is 759. The lowest BCUT2D eigenvalue weighted by atomic mass is 10.1. The van der Waals surface area contributed by atoms with Gasteiger partial charge < -0.3 is 19.9 Å². The minimum Gasteiger partial charge on any atom is -0.497 e. The number of carbonyl (C=O) groups is 1. The fraction of sp³-hybridized carbons (Fsp3) is 0.409. The van der Waals surface area contributed by atoms with Crippen molar-refractivity contribution in [1.82, 2.24) is 9.80 Å². The summed E-state index contributed by atoms with van der Waals surface area (Å²) >= 11 is 6.09. The van der Waals surface area contributed by atoms with Gasteiger partial charge in [-0.25, -0.2) is 0 Å². The first-order valence-corrected chi connectivity index (χ1v) is 10.1. The van der Waals surface area contributed by atoms with Gasteiger partial charge in [0.15, 0.2) is 0 Å². The molecule has 0 aliphatic carbocycles. The summed E-state index contributed by atoms with van der Waals surface area (Å²) < 4.78 is 5.20. The van der Waals surface area contributed by atoms with Crippen molar-refractivity contribution in [3.63, 3.8) is 0 Å². The topological polar surface area (TPSA) is 44.8 Å². The van der Waals surface area contributed by atoms with E-state index in [2.05, 4.69) is 27.2 Å². The van der Waals surface area contributed by atoms with Gasteiger partial charge in [0.05, 0.1) is 17.8 Å². The number of rotatable bonds is 8. The summed E-state index contributed by atoms with van der Waals surface area (Å²) in [5.74, 6) is 0.908. The second-order valence-corrected chi connectivity index (χ2v) is 7.47. The maximum atomic E-state index is 12.2. The predicted molar refractivity (Wildman–Crippen MR) is 114 cm³/mol. The molecule has 28 heavy (non-hydrogen) atoms. The van der Waals surface area contributed by atoms with Crippen molar-refractivity contribution in [2.24, 2.45) is 0 Å². The van der Waals surface area contributed by atoms with E-state index in [-0.39, 0.29) is 5.91 Å². The number of halogens is 1. The number of piperazine rings is 1. The molecule has 0 unspecified atom stereocenters. The van der Waals surface area contributed by atoms with E-state index in [0.717, 1.165) is 51.4 Å². The van der Waals surface area contributed by atoms with E-state index in [9.17, 15) is 4.79 Å². The fourth-order valence-electron chi connectivity index (χ4n) is 3.35. The zero-order chi connectivity index (χ0) is 19.8. The van der Waals surface area contributed by atoms with Crippen molar-refractivity contribution in [3.8, 4) is 5.75 Å². The number of hydrogen-bond donors (Lipinski definition) is 1. The van der Waals surface area contributed by atoms with Crippen LogP contribution in [0.4, 0.5) is 5.69 Å². The Morgan fingerprint density at radius 2 is 1.64 bits per heavy atom. The molecule has 5 nitrogen and oxygen atoms in total. The molecule has 0 atom stereocenters. The molecule has 3 rings (SSSR count). The molecule has 6 heteroatoms. The number of anilines is 1. The number of benzene rings is 2. The number of nitrogens with zero attached hydrogens (tertiary/aromatic N) is 2. The quantitative estimate of drug-likeness (QED) is 0.734. The Morgan fingerprint density at radius 3 is 2.29 bits per heavy atom. The summed E-state index contributed by atoms with van der Waals surface area (Å²) in [5.41, 5.74) is 2.01. The van der Waals surface area contributed by atoms with Gasteiger partial charge in [0.2, 0.25) is 5.91 Å².